The van der Waals surface area contributed by atoms with E-state index in [0.29, 0.717) is 18.0 Å². The van der Waals surface area contributed by atoms with Crippen molar-refractivity contribution in [2.24, 2.45) is 0 Å². The molecule has 0 bridgehead atoms. The molecule has 8 heteroatoms. The number of tetrazole rings is 1. The lowest BCUT2D eigenvalue weighted by atomic mass is 10.2. The maximum atomic E-state index is 6.11. The average Bonchev–Trinajstić information content (AvgIpc) is 3.03. The monoisotopic (exact) mass is 400 g/mol. The molecule has 0 aliphatic carbocycles. The van der Waals surface area contributed by atoms with Crippen molar-refractivity contribution in [1.82, 2.24) is 24.7 Å². The smallest absolute Gasteiger partial charge is 0.217 e. The van der Waals surface area contributed by atoms with Gasteiger partial charge in [0.15, 0.2) is 0 Å². The predicted octanol–water partition coefficient (Wildman–Crippen LogP) is 3.29. The molecule has 0 atom stereocenters. The molecule has 0 amide bonds. The molecule has 0 N–H and O–H groups in total. The highest BCUT2D eigenvalue weighted by Crippen LogP contribution is 2.20. The summed E-state index contributed by atoms with van der Waals surface area (Å²) in [6.07, 6.45) is 0. The molecule has 4 rings (SSSR count). The van der Waals surface area contributed by atoms with Gasteiger partial charge in [0.25, 0.3) is 0 Å². The first kappa shape index (κ1) is 18.2. The van der Waals surface area contributed by atoms with Crippen LogP contribution in [0.5, 0.6) is 0 Å². The van der Waals surface area contributed by atoms with E-state index in [1.165, 1.54) is 5.69 Å². The Labute approximate surface area is 168 Å². The Morgan fingerprint density at radius 3 is 2.37 bits per heavy atom. The quantitative estimate of drug-likeness (QED) is 0.615. The lowest BCUT2D eigenvalue weighted by Gasteiger charge is -2.35. The van der Waals surface area contributed by atoms with E-state index in [0.717, 1.165) is 36.8 Å². The molecule has 1 aliphatic heterocycles. The van der Waals surface area contributed by atoms with Crippen molar-refractivity contribution in [2.75, 3.05) is 31.1 Å². The zero-order valence-electron chi connectivity index (χ0n) is 14.9. The summed E-state index contributed by atoms with van der Waals surface area (Å²) in [6, 6.07) is 18.2. The molecule has 3 aromatic rings. The van der Waals surface area contributed by atoms with Crippen LogP contribution in [0.15, 0.2) is 54.6 Å². The summed E-state index contributed by atoms with van der Waals surface area (Å²) >= 11 is 11.7. The standard InChI is InChI=1S/C19H21ClN6S/c20-17-7-4-8-18(13-17)24-11-9-23(10-12-24)15-26-19(27)25(21-22-26)14-16-5-2-1-3-6-16/h1-8,13H,9-12,14-15H2. The third-order valence-electron chi connectivity index (χ3n) is 4.75. The van der Waals surface area contributed by atoms with Crippen LogP contribution >= 0.6 is 23.8 Å². The summed E-state index contributed by atoms with van der Waals surface area (Å²) in [4.78, 5) is 4.70. The van der Waals surface area contributed by atoms with E-state index in [2.05, 4.69) is 38.4 Å². The Kier molecular flexibility index (Phi) is 5.52. The fraction of sp³-hybridized carbons (Fsp3) is 0.316. The van der Waals surface area contributed by atoms with E-state index < -0.39 is 0 Å². The fourth-order valence-corrected chi connectivity index (χ4v) is 3.64. The maximum absolute atomic E-state index is 6.11. The van der Waals surface area contributed by atoms with Gasteiger partial charge in [-0.05, 0) is 46.4 Å². The highest BCUT2D eigenvalue weighted by molar-refractivity contribution is 7.71. The number of benzene rings is 2. The van der Waals surface area contributed by atoms with E-state index in [-0.39, 0.29) is 0 Å². The molecule has 1 fully saturated rings. The lowest BCUT2D eigenvalue weighted by Crippen LogP contribution is -2.47. The van der Waals surface area contributed by atoms with Gasteiger partial charge in [-0.2, -0.15) is 0 Å². The van der Waals surface area contributed by atoms with Crippen molar-refractivity contribution in [3.05, 3.63) is 70.0 Å². The largest absolute Gasteiger partial charge is 0.369 e. The van der Waals surface area contributed by atoms with Gasteiger partial charge < -0.3 is 4.90 Å². The second-order valence-electron chi connectivity index (χ2n) is 6.63. The van der Waals surface area contributed by atoms with E-state index in [1.54, 1.807) is 9.36 Å². The minimum atomic E-state index is 0.641. The summed E-state index contributed by atoms with van der Waals surface area (Å²) in [5.74, 6) is 0. The van der Waals surface area contributed by atoms with Crippen LogP contribution in [0.2, 0.25) is 5.02 Å². The normalized spacial score (nSPS) is 15.2. The van der Waals surface area contributed by atoms with Crippen molar-refractivity contribution < 1.29 is 0 Å². The van der Waals surface area contributed by atoms with Gasteiger partial charge in [0.1, 0.15) is 0 Å². The number of anilines is 1. The first-order valence-electron chi connectivity index (χ1n) is 8.96. The average molecular weight is 401 g/mol. The fourth-order valence-electron chi connectivity index (χ4n) is 3.26. The van der Waals surface area contributed by atoms with E-state index in [9.17, 15) is 0 Å². The highest BCUT2D eigenvalue weighted by atomic mass is 35.5. The van der Waals surface area contributed by atoms with Crippen LogP contribution in [0, 0.1) is 4.77 Å². The van der Waals surface area contributed by atoms with Crippen molar-refractivity contribution >= 4 is 29.5 Å². The Hall–Kier alpha value is -2.22. The molecule has 6 nitrogen and oxygen atoms in total. The van der Waals surface area contributed by atoms with E-state index >= 15 is 0 Å². The minimum absolute atomic E-state index is 0.641. The number of hydrogen-bond donors (Lipinski definition) is 0. The molecule has 1 aromatic heterocycles. The van der Waals surface area contributed by atoms with Gasteiger partial charge in [-0.1, -0.05) is 48.0 Å². The zero-order chi connectivity index (χ0) is 18.6. The van der Waals surface area contributed by atoms with Gasteiger partial charge in [0, 0.05) is 36.9 Å². The molecule has 2 heterocycles. The van der Waals surface area contributed by atoms with E-state index in [4.69, 9.17) is 23.8 Å². The second-order valence-corrected chi connectivity index (χ2v) is 7.43. The van der Waals surface area contributed by atoms with Crippen LogP contribution in [0.4, 0.5) is 5.69 Å². The van der Waals surface area contributed by atoms with E-state index in [1.807, 2.05) is 36.4 Å². The Balaban J connectivity index is 1.36. The summed E-state index contributed by atoms with van der Waals surface area (Å²) in [7, 11) is 0. The number of aromatic nitrogens is 4. The van der Waals surface area contributed by atoms with Crippen molar-refractivity contribution in [3.63, 3.8) is 0 Å². The topological polar surface area (TPSA) is 42.1 Å². The van der Waals surface area contributed by atoms with Gasteiger partial charge in [0.2, 0.25) is 4.77 Å². The number of nitrogens with zero attached hydrogens (tertiary/aromatic N) is 6. The molecule has 0 radical (unpaired) electrons. The van der Waals surface area contributed by atoms with Crippen molar-refractivity contribution in [2.45, 2.75) is 13.2 Å². The molecular weight excluding hydrogens is 380 g/mol. The van der Waals surface area contributed by atoms with Crippen molar-refractivity contribution in [3.8, 4) is 0 Å². The van der Waals surface area contributed by atoms with Crippen LogP contribution in [-0.2, 0) is 13.2 Å². The molecule has 2 aromatic carbocycles. The van der Waals surface area contributed by atoms with Gasteiger partial charge in [0.05, 0.1) is 13.2 Å². The van der Waals surface area contributed by atoms with Crippen LogP contribution < -0.4 is 4.90 Å². The first-order chi connectivity index (χ1) is 13.2. The molecule has 140 valence electrons. The van der Waals surface area contributed by atoms with Crippen LogP contribution in [0.3, 0.4) is 0 Å². The van der Waals surface area contributed by atoms with Crippen molar-refractivity contribution in [1.29, 1.82) is 0 Å². The number of rotatable bonds is 5. The number of piperazine rings is 1. The van der Waals surface area contributed by atoms with Gasteiger partial charge in [-0.25, -0.2) is 9.36 Å². The molecule has 1 saturated heterocycles. The van der Waals surface area contributed by atoms with Gasteiger partial charge >= 0.3 is 0 Å². The maximum Gasteiger partial charge on any atom is 0.217 e. The van der Waals surface area contributed by atoms with Gasteiger partial charge in [-0.3, -0.25) is 4.90 Å². The Morgan fingerprint density at radius 1 is 0.889 bits per heavy atom. The summed E-state index contributed by atoms with van der Waals surface area (Å²) in [5, 5.41) is 9.24. The summed E-state index contributed by atoms with van der Waals surface area (Å²) in [6.45, 7) is 5.09. The first-order valence-corrected chi connectivity index (χ1v) is 9.75. The SMILES string of the molecule is S=c1n(Cc2ccccc2)nnn1CN1CCN(c2cccc(Cl)c2)CC1. The summed E-state index contributed by atoms with van der Waals surface area (Å²) < 4.78 is 4.22. The Morgan fingerprint density at radius 2 is 1.63 bits per heavy atom. The summed E-state index contributed by atoms with van der Waals surface area (Å²) in [5.41, 5.74) is 2.34. The molecule has 0 unspecified atom stereocenters. The molecule has 0 saturated carbocycles. The molecular formula is C19H21ClN6S. The molecule has 0 spiro atoms. The third-order valence-corrected chi connectivity index (χ3v) is 5.41. The number of hydrogen-bond acceptors (Lipinski definition) is 5. The highest BCUT2D eigenvalue weighted by Gasteiger charge is 2.18. The third kappa shape index (κ3) is 4.37. The van der Waals surface area contributed by atoms with Gasteiger partial charge in [-0.15, -0.1) is 0 Å². The lowest BCUT2D eigenvalue weighted by molar-refractivity contribution is 0.193. The molecule has 27 heavy (non-hydrogen) atoms. The zero-order valence-corrected chi connectivity index (χ0v) is 16.5. The second kappa shape index (κ2) is 8.21. The predicted molar refractivity (Wildman–Crippen MR) is 110 cm³/mol. The van der Waals surface area contributed by atoms with Crippen LogP contribution in [0.1, 0.15) is 5.56 Å². The number of halogens is 1. The van der Waals surface area contributed by atoms with Crippen LogP contribution in [-0.4, -0.2) is 50.9 Å². The minimum Gasteiger partial charge on any atom is -0.369 e. The molecule has 1 aliphatic rings. The Bertz CT molecular complexity index is 946. The van der Waals surface area contributed by atoms with Crippen LogP contribution in [0.25, 0.3) is 0 Å².